The van der Waals surface area contributed by atoms with Gasteiger partial charge in [-0.2, -0.15) is 0 Å². The number of aliphatic hydroxyl groups is 3. The van der Waals surface area contributed by atoms with Gasteiger partial charge in [0.2, 0.25) is 0 Å². The smallest absolute Gasteiger partial charge is 0.174 e. The molecule has 0 saturated heterocycles. The lowest BCUT2D eigenvalue weighted by atomic mass is 9.71. The van der Waals surface area contributed by atoms with Gasteiger partial charge in [0.05, 0.1) is 25.7 Å². The maximum absolute atomic E-state index is 12.7. The van der Waals surface area contributed by atoms with Crippen molar-refractivity contribution in [2.75, 3.05) is 20.3 Å². The Labute approximate surface area is 191 Å². The van der Waals surface area contributed by atoms with E-state index in [0.717, 1.165) is 11.1 Å². The van der Waals surface area contributed by atoms with E-state index < -0.39 is 36.1 Å². The molecule has 6 N–H and O–H groups in total. The predicted molar refractivity (Wildman–Crippen MR) is 121 cm³/mol. The summed E-state index contributed by atoms with van der Waals surface area (Å²) in [5.74, 6) is 1.88. The number of carbonyl (C=O) groups is 3. The molecule has 0 bridgehead atoms. The van der Waals surface area contributed by atoms with Gasteiger partial charge in [-0.15, -0.1) is 0 Å². The Hall–Kier alpha value is -2.17. The van der Waals surface area contributed by atoms with Crippen LogP contribution in [0.1, 0.15) is 63.9 Å². The third kappa shape index (κ3) is 6.66. The van der Waals surface area contributed by atoms with Crippen molar-refractivity contribution in [2.24, 2.45) is 17.7 Å². The van der Waals surface area contributed by atoms with Crippen LogP contribution in [0, 0.1) is 11.8 Å². The van der Waals surface area contributed by atoms with Gasteiger partial charge < -0.3 is 25.3 Å². The molecule has 2 rings (SSSR count). The Balaban J connectivity index is 0. The Kier molecular flexibility index (Phi) is 11.1. The van der Waals surface area contributed by atoms with Gasteiger partial charge in [-0.3, -0.25) is 14.4 Å². The van der Waals surface area contributed by atoms with E-state index >= 15 is 0 Å². The number of aromatic hydroxyl groups is 1. The van der Waals surface area contributed by atoms with Crippen LogP contribution in [0.2, 0.25) is 0 Å². The number of hydrogen-bond acceptors (Lipinski definition) is 9. The number of phenols is 1. The average Bonchev–Trinajstić information content (AvgIpc) is 2.73. The summed E-state index contributed by atoms with van der Waals surface area (Å²) in [4.78, 5) is 40.2. The molecule has 9 nitrogen and oxygen atoms in total. The maximum Gasteiger partial charge on any atom is 0.174 e. The number of hydrogen-bond donors (Lipinski definition) is 5. The Morgan fingerprint density at radius 2 is 1.94 bits per heavy atom. The third-order valence-corrected chi connectivity index (χ3v) is 5.92. The molecule has 32 heavy (non-hydrogen) atoms. The molecule has 2 unspecified atom stereocenters. The van der Waals surface area contributed by atoms with E-state index in [9.17, 15) is 34.8 Å². The molecule has 184 valence electrons. The largest absolute Gasteiger partial charge is 0.507 e. The molecule has 1 aromatic rings. The minimum Gasteiger partial charge on any atom is -0.507 e. The summed E-state index contributed by atoms with van der Waals surface area (Å²) in [5, 5.41) is 40.2. The van der Waals surface area contributed by atoms with Crippen LogP contribution in [0.5, 0.6) is 5.75 Å². The molecule has 1 aromatic carbocycles. The molecule has 0 spiro atoms. The Bertz CT molecular complexity index is 820. The standard InChI is InChI=1S/C22H30O7.CH5NO.2H2/c1-3-15-4-5-18(26)21-17(15)10-14(11-19(21)27)9-16(6-7-23)22(29,12-24)20(28)8-13(2)25;1-3-2;;/h4-5,14,16,23-24,26,29H,3,6-12H2,1-2H3;2H2,1H3;2*1H/t14?,16?,22-;;;/m1.../s1. The van der Waals surface area contributed by atoms with Gasteiger partial charge in [-0.25, -0.2) is 5.90 Å². The van der Waals surface area contributed by atoms with E-state index in [-0.39, 0.29) is 46.2 Å². The number of aryl methyl sites for hydroxylation is 1. The SMILES string of the molecule is CCc1ccc(O)c2c1CC(CC(CCO)[C@](O)(CO)C(=O)CC(C)=O)CC2=O.CON.[HH].[HH]. The lowest BCUT2D eigenvalue weighted by Gasteiger charge is -2.36. The summed E-state index contributed by atoms with van der Waals surface area (Å²) < 4.78 is 0. The quantitative estimate of drug-likeness (QED) is 0.257. The number of phenolic OH excluding ortho intramolecular Hbond substituents is 1. The molecule has 1 aliphatic rings. The minimum absolute atomic E-state index is 0. The van der Waals surface area contributed by atoms with Gasteiger partial charge in [-0.1, -0.05) is 13.0 Å². The van der Waals surface area contributed by atoms with Crippen molar-refractivity contribution in [2.45, 2.75) is 58.0 Å². The molecule has 0 aliphatic heterocycles. The van der Waals surface area contributed by atoms with E-state index in [1.54, 1.807) is 6.07 Å². The van der Waals surface area contributed by atoms with Gasteiger partial charge in [0.15, 0.2) is 11.6 Å². The number of ketones is 3. The number of carbonyl (C=O) groups excluding carboxylic acids is 3. The first-order valence-electron chi connectivity index (χ1n) is 10.7. The zero-order valence-corrected chi connectivity index (χ0v) is 19.0. The lowest BCUT2D eigenvalue weighted by Crippen LogP contribution is -2.51. The van der Waals surface area contributed by atoms with Crippen LogP contribution >= 0.6 is 0 Å². The third-order valence-electron chi connectivity index (χ3n) is 5.92. The highest BCUT2D eigenvalue weighted by molar-refractivity contribution is 6.02. The van der Waals surface area contributed by atoms with Crippen molar-refractivity contribution >= 4 is 17.3 Å². The van der Waals surface area contributed by atoms with Crippen molar-refractivity contribution in [3.63, 3.8) is 0 Å². The van der Waals surface area contributed by atoms with E-state index in [2.05, 4.69) is 10.7 Å². The topological polar surface area (TPSA) is 167 Å². The Morgan fingerprint density at radius 1 is 1.31 bits per heavy atom. The van der Waals surface area contributed by atoms with Crippen LogP contribution in [0.15, 0.2) is 12.1 Å². The van der Waals surface area contributed by atoms with Gasteiger partial charge in [0.25, 0.3) is 0 Å². The second-order valence-corrected chi connectivity index (χ2v) is 8.21. The average molecular weight is 458 g/mol. The van der Waals surface area contributed by atoms with Crippen molar-refractivity contribution in [3.05, 3.63) is 28.8 Å². The molecular weight excluding hydrogens is 418 g/mol. The monoisotopic (exact) mass is 457 g/mol. The summed E-state index contributed by atoms with van der Waals surface area (Å²) in [6.07, 6.45) is 1.10. The van der Waals surface area contributed by atoms with Crippen molar-refractivity contribution in [3.8, 4) is 5.75 Å². The van der Waals surface area contributed by atoms with E-state index in [4.69, 9.17) is 0 Å². The van der Waals surface area contributed by atoms with Crippen LogP contribution in [0.3, 0.4) is 0 Å². The first kappa shape index (κ1) is 27.9. The molecule has 1 aliphatic carbocycles. The molecule has 0 radical (unpaired) electrons. The molecule has 0 heterocycles. The van der Waals surface area contributed by atoms with Crippen LogP contribution in [-0.2, 0) is 27.3 Å². The fourth-order valence-corrected chi connectivity index (χ4v) is 4.38. The van der Waals surface area contributed by atoms with Crippen molar-refractivity contribution < 1.29 is 42.5 Å². The van der Waals surface area contributed by atoms with Gasteiger partial charge in [-0.05, 0) is 61.6 Å². The minimum atomic E-state index is -2.15. The summed E-state index contributed by atoms with van der Waals surface area (Å²) >= 11 is 0. The lowest BCUT2D eigenvalue weighted by molar-refractivity contribution is -0.152. The van der Waals surface area contributed by atoms with E-state index in [0.29, 0.717) is 18.4 Å². The highest BCUT2D eigenvalue weighted by atomic mass is 16.6. The van der Waals surface area contributed by atoms with Gasteiger partial charge in [0.1, 0.15) is 17.1 Å². The molecule has 9 heteroatoms. The first-order valence-corrected chi connectivity index (χ1v) is 10.7. The fourth-order valence-electron chi connectivity index (χ4n) is 4.38. The molecule has 3 atom stereocenters. The first-order chi connectivity index (χ1) is 15.1. The second kappa shape index (κ2) is 12.8. The van der Waals surface area contributed by atoms with E-state index in [1.807, 2.05) is 6.92 Å². The summed E-state index contributed by atoms with van der Waals surface area (Å²) in [6.45, 7) is 2.02. The number of rotatable bonds is 10. The van der Waals surface area contributed by atoms with Crippen LogP contribution in [-0.4, -0.2) is 63.7 Å². The zero-order valence-electron chi connectivity index (χ0n) is 19.0. The highest BCUT2D eigenvalue weighted by Gasteiger charge is 2.44. The van der Waals surface area contributed by atoms with Crippen molar-refractivity contribution in [1.29, 1.82) is 0 Å². The molecule has 0 aromatic heterocycles. The molecular formula is C23H39NO8. The number of aliphatic hydroxyl groups excluding tert-OH is 2. The summed E-state index contributed by atoms with van der Waals surface area (Å²) in [5.41, 5.74) is -0.0763. The van der Waals surface area contributed by atoms with E-state index in [1.165, 1.54) is 20.1 Å². The maximum atomic E-state index is 12.7. The van der Waals surface area contributed by atoms with Gasteiger partial charge in [0, 0.05) is 15.9 Å². The summed E-state index contributed by atoms with van der Waals surface area (Å²) in [6, 6.07) is 3.31. The zero-order chi connectivity index (χ0) is 24.5. The predicted octanol–water partition coefficient (Wildman–Crippen LogP) is 1.36. The molecule has 0 amide bonds. The number of benzene rings is 1. The van der Waals surface area contributed by atoms with Crippen LogP contribution in [0.25, 0.3) is 0 Å². The highest BCUT2D eigenvalue weighted by Crippen LogP contribution is 2.39. The Morgan fingerprint density at radius 3 is 2.44 bits per heavy atom. The second-order valence-electron chi connectivity index (χ2n) is 8.21. The summed E-state index contributed by atoms with van der Waals surface area (Å²) in [7, 11) is 1.40. The van der Waals surface area contributed by atoms with Crippen LogP contribution in [0.4, 0.5) is 0 Å². The normalized spacial score (nSPS) is 18.1. The fraction of sp³-hybridized carbons (Fsp3) is 0.609. The van der Waals surface area contributed by atoms with Crippen LogP contribution < -0.4 is 5.90 Å². The van der Waals surface area contributed by atoms with Crippen molar-refractivity contribution in [1.82, 2.24) is 0 Å². The number of Topliss-reactive ketones (excluding diaryl/α,β-unsaturated/α-hetero) is 3. The molecule has 0 fully saturated rings. The van der Waals surface area contributed by atoms with Gasteiger partial charge >= 0.3 is 0 Å². The number of nitrogens with two attached hydrogens (primary N) is 1. The number of fused-ring (bicyclic) bond motifs is 1. The molecule has 0 saturated carbocycles.